The summed E-state index contributed by atoms with van der Waals surface area (Å²) in [4.78, 5) is 13.4. The van der Waals surface area contributed by atoms with Gasteiger partial charge in [-0.05, 0) is 49.1 Å². The molecular formula is C17H26N2OS. The lowest BCUT2D eigenvalue weighted by molar-refractivity contribution is -0.122. The van der Waals surface area contributed by atoms with E-state index in [0.717, 1.165) is 30.6 Å². The molecule has 2 rings (SSSR count). The molecule has 1 aliphatic rings. The van der Waals surface area contributed by atoms with Crippen LogP contribution in [-0.4, -0.2) is 17.7 Å². The van der Waals surface area contributed by atoms with Gasteiger partial charge in [0.25, 0.3) is 0 Å². The van der Waals surface area contributed by atoms with Crippen molar-refractivity contribution in [2.45, 2.75) is 56.5 Å². The van der Waals surface area contributed by atoms with Gasteiger partial charge in [-0.2, -0.15) is 0 Å². The molecule has 0 saturated heterocycles. The van der Waals surface area contributed by atoms with Gasteiger partial charge in [-0.3, -0.25) is 4.79 Å². The van der Waals surface area contributed by atoms with Crippen LogP contribution in [0.5, 0.6) is 0 Å². The van der Waals surface area contributed by atoms with E-state index >= 15 is 0 Å². The van der Waals surface area contributed by atoms with Crippen molar-refractivity contribution in [2.24, 2.45) is 11.7 Å². The molecule has 1 aromatic rings. The number of hydrogen-bond donors (Lipinski definition) is 2. The maximum absolute atomic E-state index is 12.1. The van der Waals surface area contributed by atoms with Crippen LogP contribution in [0.15, 0.2) is 29.2 Å². The van der Waals surface area contributed by atoms with Crippen molar-refractivity contribution >= 4 is 17.7 Å². The highest BCUT2D eigenvalue weighted by Gasteiger charge is 2.26. The number of benzene rings is 1. The standard InChI is InChI=1S/C17H26N2OS/c1-3-21-15-9-7-13(8-10-15)12(2)19-17(20)11-14-5-4-6-16(14)18/h7-10,12,14,16H,3-6,11,18H2,1-2H3,(H,19,20)/t12?,14-,16+/m0/s1. The quantitative estimate of drug-likeness (QED) is 0.791. The van der Waals surface area contributed by atoms with E-state index < -0.39 is 0 Å². The summed E-state index contributed by atoms with van der Waals surface area (Å²) in [6.45, 7) is 4.18. The lowest BCUT2D eigenvalue weighted by Crippen LogP contribution is -2.32. The minimum Gasteiger partial charge on any atom is -0.350 e. The fourth-order valence-electron chi connectivity index (χ4n) is 2.96. The van der Waals surface area contributed by atoms with Crippen molar-refractivity contribution in [3.8, 4) is 0 Å². The molecule has 3 N–H and O–H groups in total. The third-order valence-corrected chi connectivity index (χ3v) is 5.13. The van der Waals surface area contributed by atoms with Gasteiger partial charge in [-0.15, -0.1) is 11.8 Å². The van der Waals surface area contributed by atoms with Gasteiger partial charge in [0.15, 0.2) is 0 Å². The van der Waals surface area contributed by atoms with Crippen LogP contribution in [0.3, 0.4) is 0 Å². The summed E-state index contributed by atoms with van der Waals surface area (Å²) in [7, 11) is 0. The van der Waals surface area contributed by atoms with Crippen LogP contribution in [0.2, 0.25) is 0 Å². The Labute approximate surface area is 132 Å². The van der Waals surface area contributed by atoms with Crippen molar-refractivity contribution < 1.29 is 4.79 Å². The molecule has 0 heterocycles. The molecule has 3 atom stereocenters. The zero-order valence-electron chi connectivity index (χ0n) is 13.0. The van der Waals surface area contributed by atoms with E-state index in [1.807, 2.05) is 18.7 Å². The molecule has 21 heavy (non-hydrogen) atoms. The van der Waals surface area contributed by atoms with Crippen LogP contribution in [0.4, 0.5) is 0 Å². The van der Waals surface area contributed by atoms with Gasteiger partial charge in [-0.1, -0.05) is 25.5 Å². The van der Waals surface area contributed by atoms with Crippen LogP contribution in [0, 0.1) is 5.92 Å². The van der Waals surface area contributed by atoms with Gasteiger partial charge >= 0.3 is 0 Å². The van der Waals surface area contributed by atoms with E-state index in [0.29, 0.717) is 12.3 Å². The SMILES string of the molecule is CCSc1ccc(C(C)NC(=O)C[C@@H]2CCC[C@H]2N)cc1. The van der Waals surface area contributed by atoms with E-state index in [-0.39, 0.29) is 18.0 Å². The summed E-state index contributed by atoms with van der Waals surface area (Å²) in [5, 5.41) is 3.09. The van der Waals surface area contributed by atoms with Gasteiger partial charge in [0.05, 0.1) is 6.04 Å². The van der Waals surface area contributed by atoms with E-state index in [4.69, 9.17) is 5.73 Å². The summed E-state index contributed by atoms with van der Waals surface area (Å²) in [6.07, 6.45) is 3.87. The predicted octanol–water partition coefficient (Wildman–Crippen LogP) is 3.49. The summed E-state index contributed by atoms with van der Waals surface area (Å²) in [5.74, 6) is 1.56. The third kappa shape index (κ3) is 4.75. The first kappa shape index (κ1) is 16.4. The second-order valence-electron chi connectivity index (χ2n) is 5.85. The molecule has 1 saturated carbocycles. The average molecular weight is 306 g/mol. The number of carbonyl (C=O) groups excluding carboxylic acids is 1. The molecular weight excluding hydrogens is 280 g/mol. The summed E-state index contributed by atoms with van der Waals surface area (Å²) in [6, 6.07) is 8.71. The smallest absolute Gasteiger partial charge is 0.220 e. The van der Waals surface area contributed by atoms with E-state index in [2.05, 4.69) is 36.5 Å². The Morgan fingerprint density at radius 2 is 2.10 bits per heavy atom. The Kier molecular flexibility index (Phi) is 6.12. The molecule has 1 fully saturated rings. The van der Waals surface area contributed by atoms with Crippen LogP contribution >= 0.6 is 11.8 Å². The first-order valence-corrected chi connectivity index (χ1v) is 8.86. The van der Waals surface area contributed by atoms with Gasteiger partial charge in [0.1, 0.15) is 0 Å². The highest BCUT2D eigenvalue weighted by atomic mass is 32.2. The molecule has 1 amide bonds. The molecule has 0 spiro atoms. The lowest BCUT2D eigenvalue weighted by Gasteiger charge is -2.18. The van der Waals surface area contributed by atoms with Crippen molar-refractivity contribution in [1.29, 1.82) is 0 Å². The number of thioether (sulfide) groups is 1. The molecule has 3 nitrogen and oxygen atoms in total. The number of carbonyl (C=O) groups is 1. The highest BCUT2D eigenvalue weighted by Crippen LogP contribution is 2.27. The first-order chi connectivity index (χ1) is 10.1. The van der Waals surface area contributed by atoms with Gasteiger partial charge in [-0.25, -0.2) is 0 Å². The Hall–Kier alpha value is -1.00. The maximum atomic E-state index is 12.1. The number of hydrogen-bond acceptors (Lipinski definition) is 3. The van der Waals surface area contributed by atoms with Gasteiger partial charge < -0.3 is 11.1 Å². The van der Waals surface area contributed by atoms with Crippen LogP contribution in [-0.2, 0) is 4.79 Å². The molecule has 4 heteroatoms. The van der Waals surface area contributed by atoms with Crippen molar-refractivity contribution in [2.75, 3.05) is 5.75 Å². The van der Waals surface area contributed by atoms with Crippen LogP contribution < -0.4 is 11.1 Å². The van der Waals surface area contributed by atoms with Crippen LogP contribution in [0.1, 0.15) is 51.1 Å². The van der Waals surface area contributed by atoms with Crippen molar-refractivity contribution in [3.63, 3.8) is 0 Å². The number of nitrogens with two attached hydrogens (primary N) is 1. The molecule has 0 aromatic heterocycles. The molecule has 0 bridgehead atoms. The second-order valence-corrected chi connectivity index (χ2v) is 7.19. The Morgan fingerprint density at radius 1 is 1.38 bits per heavy atom. The van der Waals surface area contributed by atoms with E-state index in [1.165, 1.54) is 4.90 Å². The largest absolute Gasteiger partial charge is 0.350 e. The zero-order chi connectivity index (χ0) is 15.2. The zero-order valence-corrected chi connectivity index (χ0v) is 13.8. The normalized spacial score (nSPS) is 23.0. The predicted molar refractivity (Wildman–Crippen MR) is 89.3 cm³/mol. The van der Waals surface area contributed by atoms with Crippen molar-refractivity contribution in [1.82, 2.24) is 5.32 Å². The van der Waals surface area contributed by atoms with Gasteiger partial charge in [0, 0.05) is 17.4 Å². The first-order valence-electron chi connectivity index (χ1n) is 7.88. The fourth-order valence-corrected chi connectivity index (χ4v) is 3.62. The summed E-state index contributed by atoms with van der Waals surface area (Å²) < 4.78 is 0. The van der Waals surface area contributed by atoms with E-state index in [1.54, 1.807) is 0 Å². The highest BCUT2D eigenvalue weighted by molar-refractivity contribution is 7.99. The van der Waals surface area contributed by atoms with E-state index in [9.17, 15) is 4.79 Å². The minimum atomic E-state index is 0.0517. The maximum Gasteiger partial charge on any atom is 0.220 e. The topological polar surface area (TPSA) is 55.1 Å². The fraction of sp³-hybridized carbons (Fsp3) is 0.588. The third-order valence-electron chi connectivity index (χ3n) is 4.23. The Bertz CT molecular complexity index is 460. The number of nitrogens with one attached hydrogen (secondary N) is 1. The second kappa shape index (κ2) is 7.85. The average Bonchev–Trinajstić information content (AvgIpc) is 2.85. The molecule has 1 unspecified atom stereocenters. The Balaban J connectivity index is 1.85. The molecule has 0 aliphatic heterocycles. The monoisotopic (exact) mass is 306 g/mol. The lowest BCUT2D eigenvalue weighted by atomic mass is 9.99. The molecule has 1 aliphatic carbocycles. The van der Waals surface area contributed by atoms with Crippen molar-refractivity contribution in [3.05, 3.63) is 29.8 Å². The van der Waals surface area contributed by atoms with Gasteiger partial charge in [0.2, 0.25) is 5.91 Å². The minimum absolute atomic E-state index is 0.0517. The Morgan fingerprint density at radius 3 is 2.67 bits per heavy atom. The summed E-state index contributed by atoms with van der Waals surface area (Å²) >= 11 is 1.83. The number of amides is 1. The molecule has 0 radical (unpaired) electrons. The molecule has 1 aromatic carbocycles. The molecule has 116 valence electrons. The number of rotatable bonds is 6. The van der Waals surface area contributed by atoms with Crippen LogP contribution in [0.25, 0.3) is 0 Å². The summed E-state index contributed by atoms with van der Waals surface area (Å²) in [5.41, 5.74) is 7.18.